The van der Waals surface area contributed by atoms with Gasteiger partial charge < -0.3 is 10.5 Å². The van der Waals surface area contributed by atoms with Gasteiger partial charge >= 0.3 is 0 Å². The molecule has 3 heteroatoms. The molecule has 1 aliphatic rings. The number of hydrogen-bond donors (Lipinski definition) is 1. The van der Waals surface area contributed by atoms with Crippen LogP contribution in [-0.2, 0) is 19.4 Å². The largest absolute Gasteiger partial charge is 0.474 e. The van der Waals surface area contributed by atoms with Gasteiger partial charge in [-0.05, 0) is 44.2 Å². The lowest BCUT2D eigenvalue weighted by Gasteiger charge is -2.16. The molecule has 3 nitrogen and oxygen atoms in total. The summed E-state index contributed by atoms with van der Waals surface area (Å²) >= 11 is 0. The van der Waals surface area contributed by atoms with Gasteiger partial charge in [0.1, 0.15) is 0 Å². The van der Waals surface area contributed by atoms with Crippen LogP contribution in [0.4, 0.5) is 0 Å². The lowest BCUT2D eigenvalue weighted by Crippen LogP contribution is -2.15. The second-order valence-corrected chi connectivity index (χ2v) is 4.83. The van der Waals surface area contributed by atoms with Gasteiger partial charge in [-0.3, -0.25) is 0 Å². The van der Waals surface area contributed by atoms with E-state index in [1.807, 2.05) is 0 Å². The zero-order valence-corrected chi connectivity index (χ0v) is 10.8. The molecule has 2 N–H and O–H groups in total. The summed E-state index contributed by atoms with van der Waals surface area (Å²) in [6, 6.07) is 2.18. The number of hydrogen-bond acceptors (Lipinski definition) is 3. The lowest BCUT2D eigenvalue weighted by molar-refractivity contribution is 0.199. The number of aromatic nitrogens is 1. The van der Waals surface area contributed by atoms with Crippen molar-refractivity contribution in [2.45, 2.75) is 58.6 Å². The quantitative estimate of drug-likeness (QED) is 0.852. The molecule has 0 aromatic carbocycles. The van der Waals surface area contributed by atoms with Crippen LogP contribution in [0.3, 0.4) is 0 Å². The first kappa shape index (κ1) is 12.4. The number of nitrogens with zero attached hydrogens (tertiary/aromatic N) is 1. The third kappa shape index (κ3) is 2.78. The molecule has 0 radical (unpaired) electrons. The van der Waals surface area contributed by atoms with Gasteiger partial charge in [0, 0.05) is 17.8 Å². The molecule has 94 valence electrons. The maximum absolute atomic E-state index is 5.91. The van der Waals surface area contributed by atoms with Crippen LogP contribution in [0.25, 0.3) is 0 Å². The average molecular weight is 234 g/mol. The Labute approximate surface area is 103 Å². The molecule has 1 atom stereocenters. The van der Waals surface area contributed by atoms with Crippen LogP contribution in [-0.4, -0.2) is 11.1 Å². The van der Waals surface area contributed by atoms with Crippen molar-refractivity contribution in [2.75, 3.05) is 0 Å². The maximum Gasteiger partial charge on any atom is 0.218 e. The fourth-order valence-electron chi connectivity index (χ4n) is 2.41. The van der Waals surface area contributed by atoms with Crippen molar-refractivity contribution in [1.29, 1.82) is 0 Å². The first-order valence-electron chi connectivity index (χ1n) is 6.63. The predicted octanol–water partition coefficient (Wildman–Crippen LogP) is 2.60. The van der Waals surface area contributed by atoms with Gasteiger partial charge in [0.05, 0.1) is 6.10 Å². The Morgan fingerprint density at radius 2 is 2.29 bits per heavy atom. The van der Waals surface area contributed by atoms with Crippen molar-refractivity contribution >= 4 is 0 Å². The summed E-state index contributed by atoms with van der Waals surface area (Å²) in [4.78, 5) is 4.64. The molecule has 17 heavy (non-hydrogen) atoms. The minimum absolute atomic E-state index is 0.220. The highest BCUT2D eigenvalue weighted by Crippen LogP contribution is 2.27. The van der Waals surface area contributed by atoms with Crippen molar-refractivity contribution in [3.05, 3.63) is 22.9 Å². The van der Waals surface area contributed by atoms with E-state index in [1.54, 1.807) is 0 Å². The molecule has 2 rings (SSSR count). The highest BCUT2D eigenvalue weighted by atomic mass is 16.5. The molecule has 1 heterocycles. The van der Waals surface area contributed by atoms with Gasteiger partial charge in [0.2, 0.25) is 5.88 Å². The molecule has 1 aliphatic carbocycles. The molecule has 0 spiro atoms. The van der Waals surface area contributed by atoms with Gasteiger partial charge in [-0.15, -0.1) is 0 Å². The lowest BCUT2D eigenvalue weighted by atomic mass is 10.1. The number of fused-ring (bicyclic) bond motifs is 1. The van der Waals surface area contributed by atoms with Crippen LogP contribution in [0.1, 0.15) is 49.9 Å². The molecule has 0 saturated carbocycles. The van der Waals surface area contributed by atoms with Crippen LogP contribution in [0, 0.1) is 0 Å². The second kappa shape index (κ2) is 5.50. The summed E-state index contributed by atoms with van der Waals surface area (Å²) in [5, 5.41) is 0. The molecule has 0 amide bonds. The fraction of sp³-hybridized carbons (Fsp3) is 0.643. The van der Waals surface area contributed by atoms with Gasteiger partial charge in [-0.25, -0.2) is 4.98 Å². The Hall–Kier alpha value is -1.09. The summed E-state index contributed by atoms with van der Waals surface area (Å²) in [6.45, 7) is 4.77. The Morgan fingerprint density at radius 1 is 1.47 bits per heavy atom. The second-order valence-electron chi connectivity index (χ2n) is 4.83. The average Bonchev–Trinajstić information content (AvgIpc) is 2.75. The number of ether oxygens (including phenoxy) is 1. The zero-order valence-electron chi connectivity index (χ0n) is 10.8. The Morgan fingerprint density at radius 3 is 3.00 bits per heavy atom. The van der Waals surface area contributed by atoms with Crippen LogP contribution in [0.5, 0.6) is 5.88 Å². The van der Waals surface area contributed by atoms with Crippen LogP contribution in [0.15, 0.2) is 6.07 Å². The third-order valence-electron chi connectivity index (χ3n) is 3.32. The Bertz CT molecular complexity index is 390. The standard InChI is InChI=1S/C14H22N2O/c1-3-5-10(2)17-14-12(9-15)8-11-6-4-7-13(11)16-14/h8,10H,3-7,9,15H2,1-2H3. The van der Waals surface area contributed by atoms with Crippen molar-refractivity contribution in [3.8, 4) is 5.88 Å². The fourth-order valence-corrected chi connectivity index (χ4v) is 2.41. The van der Waals surface area contributed by atoms with Crippen molar-refractivity contribution in [2.24, 2.45) is 5.73 Å². The van der Waals surface area contributed by atoms with E-state index < -0.39 is 0 Å². The van der Waals surface area contributed by atoms with Crippen molar-refractivity contribution in [1.82, 2.24) is 4.98 Å². The normalized spacial score (nSPS) is 15.7. The monoisotopic (exact) mass is 234 g/mol. The van der Waals surface area contributed by atoms with E-state index in [9.17, 15) is 0 Å². The zero-order chi connectivity index (χ0) is 12.3. The molecular weight excluding hydrogens is 212 g/mol. The van der Waals surface area contributed by atoms with E-state index in [4.69, 9.17) is 10.5 Å². The number of aryl methyl sites for hydroxylation is 2. The van der Waals surface area contributed by atoms with Gasteiger partial charge in [-0.1, -0.05) is 13.3 Å². The summed E-state index contributed by atoms with van der Waals surface area (Å²) in [6.07, 6.45) is 5.84. The Balaban J connectivity index is 2.20. The van der Waals surface area contributed by atoms with E-state index in [0.717, 1.165) is 37.1 Å². The topological polar surface area (TPSA) is 48.1 Å². The van der Waals surface area contributed by atoms with E-state index >= 15 is 0 Å². The molecule has 0 saturated heterocycles. The van der Waals surface area contributed by atoms with E-state index in [0.29, 0.717) is 6.54 Å². The molecular formula is C14H22N2O. The van der Waals surface area contributed by atoms with Crippen molar-refractivity contribution < 1.29 is 4.74 Å². The molecule has 0 fully saturated rings. The minimum Gasteiger partial charge on any atom is -0.474 e. The summed E-state index contributed by atoms with van der Waals surface area (Å²) < 4.78 is 5.91. The molecule has 1 aromatic rings. The maximum atomic E-state index is 5.91. The first-order chi connectivity index (χ1) is 8.24. The number of rotatable bonds is 5. The number of pyridine rings is 1. The van der Waals surface area contributed by atoms with Crippen LogP contribution in [0.2, 0.25) is 0 Å². The molecule has 1 unspecified atom stereocenters. The van der Waals surface area contributed by atoms with Gasteiger partial charge in [0.15, 0.2) is 0 Å². The smallest absolute Gasteiger partial charge is 0.218 e. The highest BCUT2D eigenvalue weighted by molar-refractivity contribution is 5.36. The SMILES string of the molecule is CCCC(C)Oc1nc2c(cc1CN)CCC2. The summed E-state index contributed by atoms with van der Waals surface area (Å²) in [5.41, 5.74) is 9.40. The summed E-state index contributed by atoms with van der Waals surface area (Å²) in [7, 11) is 0. The number of nitrogens with two attached hydrogens (primary N) is 1. The molecule has 0 aliphatic heterocycles. The van der Waals surface area contributed by atoms with E-state index in [-0.39, 0.29) is 6.10 Å². The highest BCUT2D eigenvalue weighted by Gasteiger charge is 2.17. The summed E-state index contributed by atoms with van der Waals surface area (Å²) in [5.74, 6) is 0.758. The van der Waals surface area contributed by atoms with Crippen LogP contribution < -0.4 is 10.5 Å². The van der Waals surface area contributed by atoms with Gasteiger partial charge in [-0.2, -0.15) is 0 Å². The van der Waals surface area contributed by atoms with E-state index in [1.165, 1.54) is 17.7 Å². The predicted molar refractivity (Wildman–Crippen MR) is 69.2 cm³/mol. The van der Waals surface area contributed by atoms with Crippen molar-refractivity contribution in [3.63, 3.8) is 0 Å². The molecule has 0 bridgehead atoms. The van der Waals surface area contributed by atoms with Gasteiger partial charge in [0.25, 0.3) is 0 Å². The van der Waals surface area contributed by atoms with Crippen LogP contribution >= 0.6 is 0 Å². The third-order valence-corrected chi connectivity index (χ3v) is 3.32. The minimum atomic E-state index is 0.220. The molecule has 1 aromatic heterocycles. The van der Waals surface area contributed by atoms with E-state index in [2.05, 4.69) is 24.9 Å². The first-order valence-corrected chi connectivity index (χ1v) is 6.63. The Kier molecular flexibility index (Phi) is 4.00.